The van der Waals surface area contributed by atoms with E-state index in [9.17, 15) is 4.79 Å². The van der Waals surface area contributed by atoms with Crippen LogP contribution in [0.15, 0.2) is 34.9 Å². The molecule has 0 aliphatic carbocycles. The summed E-state index contributed by atoms with van der Waals surface area (Å²) in [6, 6.07) is 6.88. The average Bonchev–Trinajstić information content (AvgIpc) is 3.27. The minimum atomic E-state index is -0.166. The smallest absolute Gasteiger partial charge is 0.454 e. The van der Waals surface area contributed by atoms with Gasteiger partial charge in [-0.25, -0.2) is 9.78 Å². The Labute approximate surface area is 173 Å². The van der Waals surface area contributed by atoms with Crippen molar-refractivity contribution in [3.05, 3.63) is 36.3 Å². The van der Waals surface area contributed by atoms with E-state index in [2.05, 4.69) is 9.97 Å². The molecule has 3 heterocycles. The van der Waals surface area contributed by atoms with E-state index in [-0.39, 0.29) is 18.3 Å². The molecular weight excluding hydrogens is 398 g/mol. The number of ether oxygens (including phenoxy) is 2. The molecule has 3 aromatic rings. The molecule has 4 rings (SSSR count). The number of furan rings is 1. The minimum absolute atomic E-state index is 0. The molecular formula is C19H21ClN5O4+. The summed E-state index contributed by atoms with van der Waals surface area (Å²) < 4.78 is 17.5. The zero-order valence-corrected chi connectivity index (χ0v) is 16.8. The Balaban J connectivity index is 0.00000240. The number of aromatic nitrogens is 2. The third kappa shape index (κ3) is 3.81. The predicted octanol–water partition coefficient (Wildman–Crippen LogP) is 1.99. The van der Waals surface area contributed by atoms with Gasteiger partial charge in [-0.3, -0.25) is 0 Å². The average molecular weight is 419 g/mol. The highest BCUT2D eigenvalue weighted by Gasteiger charge is 2.28. The Kier molecular flexibility index (Phi) is 5.88. The normalized spacial score (nSPS) is 13.6. The molecule has 0 fully saturated rings. The third-order valence-corrected chi connectivity index (χ3v) is 4.63. The van der Waals surface area contributed by atoms with Crippen molar-refractivity contribution >= 4 is 47.2 Å². The van der Waals surface area contributed by atoms with Gasteiger partial charge in [0.15, 0.2) is 24.3 Å². The van der Waals surface area contributed by atoms with Crippen molar-refractivity contribution in [3.63, 3.8) is 0 Å². The second-order valence-electron chi connectivity index (χ2n) is 6.24. The number of nitrogens with two attached hydrogens (primary N) is 1. The van der Waals surface area contributed by atoms with Gasteiger partial charge < -0.3 is 24.5 Å². The van der Waals surface area contributed by atoms with Crippen molar-refractivity contribution in [2.24, 2.45) is 0 Å². The maximum atomic E-state index is 12.4. The fourth-order valence-corrected chi connectivity index (χ4v) is 3.12. The van der Waals surface area contributed by atoms with Crippen LogP contribution in [0.1, 0.15) is 10.6 Å². The van der Waals surface area contributed by atoms with Gasteiger partial charge in [0.25, 0.3) is 0 Å². The summed E-state index contributed by atoms with van der Waals surface area (Å²) in [6.45, 7) is 1.54. The molecule has 10 heteroatoms. The van der Waals surface area contributed by atoms with Gasteiger partial charge in [-0.1, -0.05) is 0 Å². The van der Waals surface area contributed by atoms with E-state index in [4.69, 9.17) is 19.6 Å². The molecule has 1 aromatic carbocycles. The van der Waals surface area contributed by atoms with Gasteiger partial charge in [-0.05, 0) is 18.2 Å². The Morgan fingerprint density at radius 3 is 2.62 bits per heavy atom. The first-order valence-electron chi connectivity index (χ1n) is 8.72. The summed E-state index contributed by atoms with van der Waals surface area (Å²) in [5.74, 6) is 2.14. The molecule has 0 radical (unpaired) electrons. The number of rotatable bonds is 4. The van der Waals surface area contributed by atoms with Crippen LogP contribution in [0.25, 0.3) is 10.9 Å². The molecule has 0 spiro atoms. The zero-order valence-electron chi connectivity index (χ0n) is 16.0. The molecule has 9 nitrogen and oxygen atoms in total. The highest BCUT2D eigenvalue weighted by Crippen LogP contribution is 2.34. The van der Waals surface area contributed by atoms with Gasteiger partial charge in [0.05, 0.1) is 39.1 Å². The quantitative estimate of drug-likeness (QED) is 0.641. The summed E-state index contributed by atoms with van der Waals surface area (Å²) in [4.78, 5) is 23.4. The van der Waals surface area contributed by atoms with Crippen molar-refractivity contribution in [2.45, 2.75) is 0 Å². The van der Waals surface area contributed by atoms with Gasteiger partial charge >= 0.3 is 5.91 Å². The van der Waals surface area contributed by atoms with Crippen molar-refractivity contribution in [1.82, 2.24) is 9.97 Å². The summed E-state index contributed by atoms with van der Waals surface area (Å²) in [5.41, 5.74) is 6.82. The Morgan fingerprint density at radius 1 is 1.24 bits per heavy atom. The van der Waals surface area contributed by atoms with E-state index in [1.807, 2.05) is 4.90 Å². The molecule has 0 bridgehead atoms. The number of anilines is 2. The number of carbonyl (C=O) groups excluding carboxylic acids is 1. The molecule has 1 aliphatic rings. The highest BCUT2D eigenvalue weighted by molar-refractivity contribution is 5.92. The lowest BCUT2D eigenvalue weighted by Gasteiger charge is -2.23. The summed E-state index contributed by atoms with van der Waals surface area (Å²) in [7, 11) is 3.13. The lowest BCUT2D eigenvalue weighted by atomic mass is 10.2. The Bertz CT molecular complexity index is 1070. The fourth-order valence-electron chi connectivity index (χ4n) is 3.12. The van der Waals surface area contributed by atoms with Crippen molar-refractivity contribution in [3.8, 4) is 11.5 Å². The lowest BCUT2D eigenvalue weighted by molar-refractivity contribution is -0.425. The van der Waals surface area contributed by atoms with Crippen LogP contribution in [0.5, 0.6) is 11.5 Å². The molecule has 1 aliphatic heterocycles. The molecule has 0 saturated carbocycles. The third-order valence-electron chi connectivity index (χ3n) is 4.63. The van der Waals surface area contributed by atoms with E-state index in [1.54, 1.807) is 49.3 Å². The van der Waals surface area contributed by atoms with E-state index in [1.165, 1.54) is 6.26 Å². The molecule has 2 N–H and O–H groups in total. The number of nitrogens with zero attached hydrogens (tertiary/aromatic N) is 4. The number of methoxy groups -OCH3 is 2. The SMILES string of the molecule is COc1cc2nc(N3CC=[N+](C(=O)c4ccco4)CC3)nc(N)c2cc1OC.Cl. The van der Waals surface area contributed by atoms with Gasteiger partial charge in [0.1, 0.15) is 5.82 Å². The number of fused-ring (bicyclic) bond motifs is 1. The number of amides is 1. The van der Waals surface area contributed by atoms with E-state index in [0.717, 1.165) is 0 Å². The summed E-state index contributed by atoms with van der Waals surface area (Å²) in [6.07, 6.45) is 3.28. The maximum absolute atomic E-state index is 12.4. The van der Waals surface area contributed by atoms with Crippen molar-refractivity contribution in [1.29, 1.82) is 0 Å². The largest absolute Gasteiger partial charge is 0.493 e. The number of nitrogen functional groups attached to an aromatic ring is 1. The van der Waals surface area contributed by atoms with Crippen molar-refractivity contribution < 1.29 is 23.3 Å². The first-order chi connectivity index (χ1) is 13.6. The summed E-state index contributed by atoms with van der Waals surface area (Å²) in [5, 5.41) is 0.692. The van der Waals surface area contributed by atoms with Crippen LogP contribution in [0.2, 0.25) is 0 Å². The van der Waals surface area contributed by atoms with E-state index >= 15 is 0 Å². The van der Waals surface area contributed by atoms with Crippen LogP contribution < -0.4 is 20.1 Å². The first-order valence-corrected chi connectivity index (χ1v) is 8.72. The van der Waals surface area contributed by atoms with Crippen LogP contribution >= 0.6 is 12.4 Å². The lowest BCUT2D eigenvalue weighted by Crippen LogP contribution is -2.42. The van der Waals surface area contributed by atoms with E-state index < -0.39 is 0 Å². The molecule has 0 unspecified atom stereocenters. The zero-order chi connectivity index (χ0) is 19.7. The summed E-state index contributed by atoms with van der Waals surface area (Å²) >= 11 is 0. The fraction of sp³-hybridized carbons (Fsp3) is 0.263. The number of hydrogen-bond donors (Lipinski definition) is 1. The van der Waals surface area contributed by atoms with Crippen LogP contribution in [-0.2, 0) is 0 Å². The second kappa shape index (κ2) is 8.36. The predicted molar refractivity (Wildman–Crippen MR) is 111 cm³/mol. The van der Waals surface area contributed by atoms with Crippen LogP contribution in [0.3, 0.4) is 0 Å². The monoisotopic (exact) mass is 418 g/mol. The number of hydrogen-bond acceptors (Lipinski definition) is 8. The molecule has 29 heavy (non-hydrogen) atoms. The Morgan fingerprint density at radius 2 is 2.00 bits per heavy atom. The maximum Gasteiger partial charge on any atom is 0.454 e. The second-order valence-corrected chi connectivity index (χ2v) is 6.24. The van der Waals surface area contributed by atoms with E-state index in [0.29, 0.717) is 59.6 Å². The van der Waals surface area contributed by atoms with Gasteiger partial charge in [-0.15, -0.1) is 12.4 Å². The molecule has 0 saturated heterocycles. The first kappa shape index (κ1) is 20.4. The van der Waals surface area contributed by atoms with Crippen molar-refractivity contribution in [2.75, 3.05) is 44.5 Å². The van der Waals surface area contributed by atoms with Gasteiger partial charge in [0, 0.05) is 11.5 Å². The minimum Gasteiger partial charge on any atom is -0.493 e. The standard InChI is InChI=1S/C19H20N5O4.ClH/c1-26-15-10-12-13(11-16(15)27-2)21-19(22-17(12)20)24-7-5-23(6-8-24)18(25)14-4-3-9-28-14;/h3-5,9-11H,6-8H2,1-2H3,(H2,20,21,22);1H/q+1;. The number of halogens is 1. The van der Waals surface area contributed by atoms with Crippen LogP contribution in [0.4, 0.5) is 11.8 Å². The number of carbonyl (C=O) groups is 1. The highest BCUT2D eigenvalue weighted by atomic mass is 35.5. The van der Waals surface area contributed by atoms with Crippen LogP contribution in [0, 0.1) is 0 Å². The topological polar surface area (TPSA) is 107 Å². The molecule has 2 aromatic heterocycles. The van der Waals surface area contributed by atoms with Gasteiger partial charge in [0.2, 0.25) is 11.7 Å². The molecule has 0 atom stereocenters. The number of benzene rings is 1. The molecule has 152 valence electrons. The van der Waals surface area contributed by atoms with Crippen LogP contribution in [-0.4, -0.2) is 60.5 Å². The Hall–Kier alpha value is -3.33. The molecule has 1 amide bonds. The van der Waals surface area contributed by atoms with Gasteiger partial charge in [-0.2, -0.15) is 9.56 Å².